The zero-order valence-corrected chi connectivity index (χ0v) is 13.4. The van der Waals surface area contributed by atoms with Crippen molar-refractivity contribution in [3.63, 3.8) is 0 Å². The second-order valence-electron chi connectivity index (χ2n) is 4.65. The highest BCUT2D eigenvalue weighted by molar-refractivity contribution is 7.99. The van der Waals surface area contributed by atoms with Gasteiger partial charge in [0, 0.05) is 17.8 Å². The summed E-state index contributed by atoms with van der Waals surface area (Å²) < 4.78 is 31.8. The Bertz CT molecular complexity index is 483. The average molecular weight is 306 g/mol. The normalized spacial score (nSPS) is 13.9. The molecule has 7 heteroatoms. The first-order valence-corrected chi connectivity index (χ1v) is 8.97. The first-order valence-electron chi connectivity index (χ1n) is 6.19. The maximum Gasteiger partial charge on any atom is 0.273 e. The Balaban J connectivity index is 2.63. The number of sulfonamides is 1. The highest BCUT2D eigenvalue weighted by Gasteiger charge is 2.19. The van der Waals surface area contributed by atoms with Gasteiger partial charge in [0.15, 0.2) is 0 Å². The summed E-state index contributed by atoms with van der Waals surface area (Å²) in [6, 6.07) is 3.50. The molecule has 19 heavy (non-hydrogen) atoms. The van der Waals surface area contributed by atoms with Gasteiger partial charge in [0.25, 0.3) is 10.0 Å². The van der Waals surface area contributed by atoms with Crippen LogP contribution >= 0.6 is 11.8 Å². The number of nitrogens with one attached hydrogen (secondary N) is 2. The Kier molecular flexibility index (Phi) is 6.38. The monoisotopic (exact) mass is 306 g/mol. The summed E-state index contributed by atoms with van der Waals surface area (Å²) >= 11 is 1.61. The molecule has 110 valence electrons. The second-order valence-corrected chi connectivity index (χ2v) is 7.63. The van der Waals surface area contributed by atoms with Crippen molar-refractivity contribution in [1.82, 2.24) is 10.0 Å². The third-order valence-corrected chi connectivity index (χ3v) is 4.82. The molecule has 1 unspecified atom stereocenters. The summed E-state index contributed by atoms with van der Waals surface area (Å²) in [6.45, 7) is 6.92. The minimum absolute atomic E-state index is 0.0265. The van der Waals surface area contributed by atoms with Gasteiger partial charge in [-0.25, -0.2) is 13.1 Å². The predicted molar refractivity (Wildman–Crippen MR) is 78.8 cm³/mol. The van der Waals surface area contributed by atoms with Crippen molar-refractivity contribution < 1.29 is 12.8 Å². The molecular formula is C12H22N2O3S2. The van der Waals surface area contributed by atoms with E-state index in [1.165, 1.54) is 6.07 Å². The molecule has 0 aliphatic carbocycles. The Morgan fingerprint density at radius 1 is 1.32 bits per heavy atom. The standard InChI is InChI=1S/C12H22N2O3S2/c1-9(2)13-8-11-5-6-12(17-11)19(15,16)14-7-10(3)18-4/h5-6,9-10,13-14H,7-8H2,1-4H3. The van der Waals surface area contributed by atoms with Crippen LogP contribution in [0.25, 0.3) is 0 Å². The number of hydrogen-bond donors (Lipinski definition) is 2. The molecule has 0 radical (unpaired) electrons. The topological polar surface area (TPSA) is 71.3 Å². The molecule has 0 aliphatic rings. The van der Waals surface area contributed by atoms with E-state index in [1.807, 2.05) is 27.0 Å². The summed E-state index contributed by atoms with van der Waals surface area (Å²) in [6.07, 6.45) is 1.95. The molecule has 0 aromatic carbocycles. The van der Waals surface area contributed by atoms with Crippen molar-refractivity contribution in [3.05, 3.63) is 17.9 Å². The quantitative estimate of drug-likeness (QED) is 0.766. The third kappa shape index (κ3) is 5.56. The van der Waals surface area contributed by atoms with Crippen LogP contribution in [0.3, 0.4) is 0 Å². The lowest BCUT2D eigenvalue weighted by molar-refractivity contribution is 0.393. The molecule has 1 rings (SSSR count). The zero-order valence-electron chi connectivity index (χ0n) is 11.8. The van der Waals surface area contributed by atoms with Crippen LogP contribution in [0.1, 0.15) is 26.5 Å². The molecule has 0 saturated heterocycles. The van der Waals surface area contributed by atoms with E-state index in [-0.39, 0.29) is 10.3 Å². The van der Waals surface area contributed by atoms with Crippen LogP contribution in [-0.4, -0.2) is 32.5 Å². The van der Waals surface area contributed by atoms with Gasteiger partial charge in [0.1, 0.15) is 5.76 Å². The van der Waals surface area contributed by atoms with Crippen LogP contribution in [0, 0.1) is 0 Å². The summed E-state index contributed by atoms with van der Waals surface area (Å²) in [5, 5.41) is 3.38. The molecule has 0 bridgehead atoms. The largest absolute Gasteiger partial charge is 0.447 e. The molecule has 1 aromatic rings. The fourth-order valence-corrected chi connectivity index (χ4v) is 2.72. The summed E-state index contributed by atoms with van der Waals surface area (Å²) in [7, 11) is -3.54. The van der Waals surface area contributed by atoms with Gasteiger partial charge < -0.3 is 9.73 Å². The Morgan fingerprint density at radius 2 is 2.00 bits per heavy atom. The Labute approximate surface area is 119 Å². The molecule has 0 saturated carbocycles. The lowest BCUT2D eigenvalue weighted by Crippen LogP contribution is -2.29. The average Bonchev–Trinajstić information content (AvgIpc) is 2.83. The van der Waals surface area contributed by atoms with E-state index < -0.39 is 10.0 Å². The maximum atomic E-state index is 12.0. The van der Waals surface area contributed by atoms with Crippen LogP contribution in [0.4, 0.5) is 0 Å². The lowest BCUT2D eigenvalue weighted by Gasteiger charge is -2.09. The van der Waals surface area contributed by atoms with Gasteiger partial charge in [-0.15, -0.1) is 0 Å². The molecule has 0 spiro atoms. The van der Waals surface area contributed by atoms with Gasteiger partial charge in [-0.2, -0.15) is 11.8 Å². The van der Waals surface area contributed by atoms with E-state index in [4.69, 9.17) is 4.42 Å². The number of thioether (sulfide) groups is 1. The third-order valence-electron chi connectivity index (χ3n) is 2.55. The fraction of sp³-hybridized carbons (Fsp3) is 0.667. The molecule has 0 aliphatic heterocycles. The first kappa shape index (κ1) is 16.6. The van der Waals surface area contributed by atoms with Gasteiger partial charge in [-0.3, -0.25) is 0 Å². The van der Waals surface area contributed by atoms with Gasteiger partial charge in [-0.05, 0) is 18.4 Å². The Morgan fingerprint density at radius 3 is 2.58 bits per heavy atom. The van der Waals surface area contributed by atoms with Crippen LogP contribution < -0.4 is 10.0 Å². The molecule has 2 N–H and O–H groups in total. The summed E-state index contributed by atoms with van der Waals surface area (Å²) in [5.41, 5.74) is 0. The number of hydrogen-bond acceptors (Lipinski definition) is 5. The number of rotatable bonds is 8. The first-order chi connectivity index (χ1) is 8.85. The van der Waals surface area contributed by atoms with Crippen LogP contribution in [-0.2, 0) is 16.6 Å². The highest BCUT2D eigenvalue weighted by Crippen LogP contribution is 2.14. The number of furan rings is 1. The van der Waals surface area contributed by atoms with Crippen molar-refractivity contribution >= 4 is 21.8 Å². The van der Waals surface area contributed by atoms with Gasteiger partial charge in [0.2, 0.25) is 5.09 Å². The van der Waals surface area contributed by atoms with Crippen molar-refractivity contribution in [3.8, 4) is 0 Å². The minimum atomic E-state index is -3.54. The van der Waals surface area contributed by atoms with Crippen LogP contribution in [0.15, 0.2) is 21.6 Å². The van der Waals surface area contributed by atoms with E-state index in [0.29, 0.717) is 24.9 Å². The van der Waals surface area contributed by atoms with Crippen molar-refractivity contribution in [2.45, 2.75) is 43.7 Å². The Hall–Kier alpha value is -0.500. The molecule has 1 aromatic heterocycles. The highest BCUT2D eigenvalue weighted by atomic mass is 32.2. The van der Waals surface area contributed by atoms with E-state index in [1.54, 1.807) is 17.8 Å². The molecule has 1 heterocycles. The van der Waals surface area contributed by atoms with Gasteiger partial charge in [-0.1, -0.05) is 20.8 Å². The second kappa shape index (κ2) is 7.33. The van der Waals surface area contributed by atoms with Crippen molar-refractivity contribution in [1.29, 1.82) is 0 Å². The van der Waals surface area contributed by atoms with E-state index in [9.17, 15) is 8.42 Å². The zero-order chi connectivity index (χ0) is 14.5. The SMILES string of the molecule is CSC(C)CNS(=O)(=O)c1ccc(CNC(C)C)o1. The minimum Gasteiger partial charge on any atom is -0.447 e. The van der Waals surface area contributed by atoms with E-state index in [2.05, 4.69) is 10.0 Å². The molecular weight excluding hydrogens is 284 g/mol. The van der Waals surface area contributed by atoms with Gasteiger partial charge >= 0.3 is 0 Å². The molecule has 1 atom stereocenters. The lowest BCUT2D eigenvalue weighted by atomic mass is 10.3. The fourth-order valence-electron chi connectivity index (χ4n) is 1.28. The van der Waals surface area contributed by atoms with Crippen LogP contribution in [0.5, 0.6) is 0 Å². The molecule has 0 amide bonds. The van der Waals surface area contributed by atoms with E-state index >= 15 is 0 Å². The molecule has 0 fully saturated rings. The molecule has 5 nitrogen and oxygen atoms in total. The van der Waals surface area contributed by atoms with Crippen molar-refractivity contribution in [2.24, 2.45) is 0 Å². The van der Waals surface area contributed by atoms with Crippen LogP contribution in [0.2, 0.25) is 0 Å². The summed E-state index contributed by atoms with van der Waals surface area (Å²) in [4.78, 5) is 0. The van der Waals surface area contributed by atoms with Gasteiger partial charge in [0.05, 0.1) is 6.54 Å². The van der Waals surface area contributed by atoms with E-state index in [0.717, 1.165) is 0 Å². The smallest absolute Gasteiger partial charge is 0.273 e. The predicted octanol–water partition coefficient (Wildman–Crippen LogP) is 1.81. The maximum absolute atomic E-state index is 12.0. The summed E-state index contributed by atoms with van der Waals surface area (Å²) in [5.74, 6) is 0.618. The van der Waals surface area contributed by atoms with Crippen molar-refractivity contribution in [2.75, 3.05) is 12.8 Å².